The van der Waals surface area contributed by atoms with Gasteiger partial charge in [-0.3, -0.25) is 9.48 Å². The first-order valence-corrected chi connectivity index (χ1v) is 7.57. The van der Waals surface area contributed by atoms with Crippen LogP contribution in [-0.4, -0.2) is 19.7 Å². The Kier molecular flexibility index (Phi) is 3.49. The predicted octanol–water partition coefficient (Wildman–Crippen LogP) is 3.31. The topological polar surface area (TPSA) is 63.6 Å². The average Bonchev–Trinajstić information content (AvgIpc) is 2.96. The van der Waals surface area contributed by atoms with Crippen molar-refractivity contribution in [1.82, 2.24) is 19.7 Å². The van der Waals surface area contributed by atoms with Crippen LogP contribution in [0.1, 0.15) is 0 Å². The molecule has 0 saturated carbocycles. The lowest BCUT2D eigenvalue weighted by Gasteiger charge is -2.00. The third-order valence-corrected chi connectivity index (χ3v) is 5.10. The van der Waals surface area contributed by atoms with E-state index >= 15 is 0 Å². The van der Waals surface area contributed by atoms with Crippen molar-refractivity contribution in [2.75, 3.05) is 0 Å². The maximum atomic E-state index is 11.8. The van der Waals surface area contributed by atoms with E-state index in [1.165, 1.54) is 17.4 Å². The van der Waals surface area contributed by atoms with Gasteiger partial charge in [0.2, 0.25) is 0 Å². The number of hydrogen-bond acceptors (Lipinski definition) is 4. The molecule has 8 heteroatoms. The number of aromatic amines is 1. The molecule has 0 atom stereocenters. The largest absolute Gasteiger partial charge is 0.306 e. The molecule has 0 amide bonds. The number of halogens is 2. The van der Waals surface area contributed by atoms with Gasteiger partial charge in [-0.1, -0.05) is 11.6 Å². The molecule has 0 saturated heterocycles. The summed E-state index contributed by atoms with van der Waals surface area (Å²) in [6.45, 7) is 0. The lowest BCUT2D eigenvalue weighted by Crippen LogP contribution is -2.07. The van der Waals surface area contributed by atoms with Gasteiger partial charge in [-0.15, -0.1) is 11.3 Å². The highest BCUT2D eigenvalue weighted by atomic mass is 79.9. The minimum atomic E-state index is -0.213. The zero-order valence-electron chi connectivity index (χ0n) is 10.2. The summed E-state index contributed by atoms with van der Waals surface area (Å²) in [5, 5.41) is 4.08. The molecule has 0 aromatic carbocycles. The van der Waals surface area contributed by atoms with E-state index in [0.717, 1.165) is 14.9 Å². The van der Waals surface area contributed by atoms with Gasteiger partial charge < -0.3 is 4.98 Å². The second kappa shape index (κ2) is 5.16. The Morgan fingerprint density at radius 1 is 1.45 bits per heavy atom. The molecule has 5 nitrogen and oxygen atoms in total. The van der Waals surface area contributed by atoms with Crippen molar-refractivity contribution in [2.24, 2.45) is 7.05 Å². The van der Waals surface area contributed by atoms with Crippen LogP contribution in [-0.2, 0) is 7.05 Å². The molecule has 3 heterocycles. The van der Waals surface area contributed by atoms with Gasteiger partial charge in [-0.2, -0.15) is 5.10 Å². The Morgan fingerprint density at radius 2 is 2.25 bits per heavy atom. The molecule has 20 heavy (non-hydrogen) atoms. The highest BCUT2D eigenvalue weighted by molar-refractivity contribution is 9.10. The van der Waals surface area contributed by atoms with E-state index in [2.05, 4.69) is 31.0 Å². The van der Waals surface area contributed by atoms with Crippen LogP contribution in [0.5, 0.6) is 0 Å². The van der Waals surface area contributed by atoms with Crippen LogP contribution in [0.15, 0.2) is 33.8 Å². The van der Waals surface area contributed by atoms with Gasteiger partial charge in [-0.05, 0) is 22.0 Å². The van der Waals surface area contributed by atoms with Gasteiger partial charge in [0.25, 0.3) is 5.56 Å². The van der Waals surface area contributed by atoms with Crippen LogP contribution in [0.3, 0.4) is 0 Å². The van der Waals surface area contributed by atoms with Gasteiger partial charge in [-0.25, -0.2) is 4.98 Å². The van der Waals surface area contributed by atoms with E-state index in [9.17, 15) is 4.79 Å². The highest BCUT2D eigenvalue weighted by Gasteiger charge is 2.11. The Balaban J connectivity index is 2.13. The third-order valence-electron chi connectivity index (χ3n) is 2.62. The summed E-state index contributed by atoms with van der Waals surface area (Å²) >= 11 is 10.7. The van der Waals surface area contributed by atoms with Gasteiger partial charge in [0.1, 0.15) is 4.34 Å². The first kappa shape index (κ1) is 13.5. The van der Waals surface area contributed by atoms with Gasteiger partial charge in [0.15, 0.2) is 5.82 Å². The molecule has 1 N–H and O–H groups in total. The van der Waals surface area contributed by atoms with Gasteiger partial charge in [0, 0.05) is 29.3 Å². The van der Waals surface area contributed by atoms with Crippen molar-refractivity contribution in [3.05, 3.63) is 43.7 Å². The fourth-order valence-corrected chi connectivity index (χ4v) is 3.39. The van der Waals surface area contributed by atoms with Crippen molar-refractivity contribution in [1.29, 1.82) is 0 Å². The molecule has 3 rings (SSSR count). The molecule has 0 unspecified atom stereocenters. The molecule has 3 aromatic heterocycles. The number of thiophene rings is 1. The molecular formula is C12H8BrClN4OS. The SMILES string of the molecule is Cn1cc(-c2cc(=O)[nH]c(-c3cc(Br)c(Cl)s3)n2)cn1. The first-order valence-electron chi connectivity index (χ1n) is 5.58. The van der Waals surface area contributed by atoms with E-state index in [1.807, 2.05) is 19.3 Å². The lowest BCUT2D eigenvalue weighted by atomic mass is 10.2. The Morgan fingerprint density at radius 3 is 2.85 bits per heavy atom. The minimum absolute atomic E-state index is 0.213. The fraction of sp³-hybridized carbons (Fsp3) is 0.0833. The Bertz CT molecular complexity index is 819. The lowest BCUT2D eigenvalue weighted by molar-refractivity contribution is 0.768. The van der Waals surface area contributed by atoms with E-state index in [1.54, 1.807) is 10.9 Å². The van der Waals surface area contributed by atoms with Crippen LogP contribution >= 0.6 is 38.9 Å². The van der Waals surface area contributed by atoms with Crippen LogP contribution in [0, 0.1) is 0 Å². The molecule has 102 valence electrons. The number of hydrogen-bond donors (Lipinski definition) is 1. The molecular weight excluding hydrogens is 364 g/mol. The van der Waals surface area contributed by atoms with Gasteiger partial charge in [0.05, 0.1) is 16.8 Å². The van der Waals surface area contributed by atoms with Crippen molar-refractivity contribution in [3.63, 3.8) is 0 Å². The molecule has 0 aliphatic heterocycles. The van der Waals surface area contributed by atoms with Gasteiger partial charge >= 0.3 is 0 Å². The quantitative estimate of drug-likeness (QED) is 0.751. The van der Waals surface area contributed by atoms with Crippen LogP contribution in [0.2, 0.25) is 4.34 Å². The minimum Gasteiger partial charge on any atom is -0.306 e. The monoisotopic (exact) mass is 370 g/mol. The van der Waals surface area contributed by atoms with E-state index < -0.39 is 0 Å². The number of aromatic nitrogens is 4. The number of H-pyrrole nitrogens is 1. The Hall–Kier alpha value is -1.44. The number of aryl methyl sites for hydroxylation is 1. The summed E-state index contributed by atoms with van der Waals surface area (Å²) in [5.74, 6) is 0.494. The summed E-state index contributed by atoms with van der Waals surface area (Å²) in [7, 11) is 1.81. The van der Waals surface area contributed by atoms with Crippen LogP contribution < -0.4 is 5.56 Å². The smallest absolute Gasteiger partial charge is 0.251 e. The summed E-state index contributed by atoms with van der Waals surface area (Å²) in [4.78, 5) is 19.8. The summed E-state index contributed by atoms with van der Waals surface area (Å²) < 4.78 is 3.07. The van der Waals surface area contributed by atoms with Crippen molar-refractivity contribution < 1.29 is 0 Å². The number of nitrogens with zero attached hydrogens (tertiary/aromatic N) is 3. The molecule has 0 fully saturated rings. The Labute approximate surface area is 131 Å². The van der Waals surface area contributed by atoms with E-state index in [0.29, 0.717) is 15.9 Å². The maximum absolute atomic E-state index is 11.8. The second-order valence-electron chi connectivity index (χ2n) is 4.11. The predicted molar refractivity (Wildman–Crippen MR) is 83.1 cm³/mol. The zero-order chi connectivity index (χ0) is 14.3. The number of nitrogens with one attached hydrogen (secondary N) is 1. The summed E-state index contributed by atoms with van der Waals surface area (Å²) in [6, 6.07) is 3.28. The fourth-order valence-electron chi connectivity index (χ4n) is 1.74. The van der Waals surface area contributed by atoms with Crippen molar-refractivity contribution in [2.45, 2.75) is 0 Å². The van der Waals surface area contributed by atoms with E-state index in [4.69, 9.17) is 11.6 Å². The molecule has 0 aliphatic carbocycles. The highest BCUT2D eigenvalue weighted by Crippen LogP contribution is 2.36. The molecule has 0 bridgehead atoms. The zero-order valence-corrected chi connectivity index (χ0v) is 13.4. The molecule has 0 radical (unpaired) electrons. The van der Waals surface area contributed by atoms with Crippen LogP contribution in [0.25, 0.3) is 22.0 Å². The van der Waals surface area contributed by atoms with E-state index in [-0.39, 0.29) is 5.56 Å². The molecule has 0 aliphatic rings. The van der Waals surface area contributed by atoms with Crippen LogP contribution in [0.4, 0.5) is 0 Å². The maximum Gasteiger partial charge on any atom is 0.251 e. The molecule has 3 aromatic rings. The second-order valence-corrected chi connectivity index (χ2v) is 6.62. The average molecular weight is 372 g/mol. The molecule has 0 spiro atoms. The summed E-state index contributed by atoms with van der Waals surface area (Å²) in [5.41, 5.74) is 1.16. The first-order chi connectivity index (χ1) is 9.52. The normalized spacial score (nSPS) is 10.9. The van der Waals surface area contributed by atoms with Crippen molar-refractivity contribution in [3.8, 4) is 22.0 Å². The van der Waals surface area contributed by atoms with Crippen molar-refractivity contribution >= 4 is 38.9 Å². The summed E-state index contributed by atoms with van der Waals surface area (Å²) in [6.07, 6.45) is 3.48. The third kappa shape index (κ3) is 2.56. The number of rotatable bonds is 2. The standard InChI is InChI=1S/C12H8BrClN4OS/c1-18-5-6(4-15-18)8-3-10(19)17-12(16-8)9-2-7(13)11(14)20-9/h2-5H,1H3,(H,16,17,19).